The molecule has 7 nitrogen and oxygen atoms in total. The molecule has 1 saturated heterocycles. The first kappa shape index (κ1) is 17.9. The summed E-state index contributed by atoms with van der Waals surface area (Å²) in [6.45, 7) is 2.79. The zero-order valence-corrected chi connectivity index (χ0v) is 14.0. The van der Waals surface area contributed by atoms with Gasteiger partial charge in [0.25, 0.3) is 0 Å². The van der Waals surface area contributed by atoms with Gasteiger partial charge < -0.3 is 25.4 Å². The minimum Gasteiger partial charge on any atom is -0.495 e. The van der Waals surface area contributed by atoms with Gasteiger partial charge in [-0.05, 0) is 30.9 Å². The molecule has 1 aliphatic rings. The molecular formula is C17H25N3O4. The topological polar surface area (TPSA) is 90.9 Å². The Bertz CT molecular complexity index is 565. The smallest absolute Gasteiger partial charge is 0.314 e. The van der Waals surface area contributed by atoms with Crippen LogP contribution in [0.15, 0.2) is 24.3 Å². The first-order valence-electron chi connectivity index (χ1n) is 8.21. The molecule has 1 atom stereocenters. The summed E-state index contributed by atoms with van der Waals surface area (Å²) in [5.74, 6) is 0.404. The number of nitrogens with one attached hydrogen (secondary N) is 2. The highest BCUT2D eigenvalue weighted by Gasteiger charge is 2.24. The molecule has 0 spiro atoms. The van der Waals surface area contributed by atoms with Crippen LogP contribution in [0.5, 0.6) is 5.75 Å². The zero-order chi connectivity index (χ0) is 17.4. The van der Waals surface area contributed by atoms with Crippen molar-refractivity contribution in [3.8, 4) is 5.75 Å². The van der Waals surface area contributed by atoms with Gasteiger partial charge in [0.1, 0.15) is 5.75 Å². The van der Waals surface area contributed by atoms with Crippen LogP contribution in [0.25, 0.3) is 0 Å². The lowest BCUT2D eigenvalue weighted by molar-refractivity contribution is -0.137. The van der Waals surface area contributed by atoms with E-state index in [9.17, 15) is 9.59 Å². The first-order valence-corrected chi connectivity index (χ1v) is 8.21. The quantitative estimate of drug-likeness (QED) is 0.629. The van der Waals surface area contributed by atoms with Crippen molar-refractivity contribution in [1.29, 1.82) is 0 Å². The average Bonchev–Trinajstić information content (AvgIpc) is 3.05. The molecule has 1 aromatic carbocycles. The van der Waals surface area contributed by atoms with E-state index < -0.39 is 5.97 Å². The van der Waals surface area contributed by atoms with Crippen molar-refractivity contribution < 1.29 is 19.4 Å². The Morgan fingerprint density at radius 2 is 2.12 bits per heavy atom. The predicted molar refractivity (Wildman–Crippen MR) is 91.6 cm³/mol. The molecule has 3 N–H and O–H groups in total. The third-order valence-electron chi connectivity index (χ3n) is 4.12. The summed E-state index contributed by atoms with van der Waals surface area (Å²) >= 11 is 0. The summed E-state index contributed by atoms with van der Waals surface area (Å²) in [5.41, 5.74) is 1.08. The van der Waals surface area contributed by atoms with E-state index in [4.69, 9.17) is 9.84 Å². The summed E-state index contributed by atoms with van der Waals surface area (Å²) < 4.78 is 5.40. The van der Waals surface area contributed by atoms with Crippen molar-refractivity contribution in [2.24, 2.45) is 5.92 Å². The molecule has 0 radical (unpaired) electrons. The Hall–Kier alpha value is -2.44. The predicted octanol–water partition coefficient (Wildman–Crippen LogP) is 1.69. The van der Waals surface area contributed by atoms with Crippen molar-refractivity contribution in [3.63, 3.8) is 0 Å². The zero-order valence-electron chi connectivity index (χ0n) is 14.0. The number of benzene rings is 1. The van der Waals surface area contributed by atoms with Gasteiger partial charge in [-0.25, -0.2) is 4.79 Å². The average molecular weight is 335 g/mol. The van der Waals surface area contributed by atoms with E-state index in [2.05, 4.69) is 15.5 Å². The van der Waals surface area contributed by atoms with Gasteiger partial charge in [-0.1, -0.05) is 12.1 Å². The lowest BCUT2D eigenvalue weighted by atomic mass is 10.1. The fourth-order valence-electron chi connectivity index (χ4n) is 2.85. The fraction of sp³-hybridized carbons (Fsp3) is 0.529. The van der Waals surface area contributed by atoms with Crippen LogP contribution in [0, 0.1) is 5.92 Å². The number of hydrogen-bond acceptors (Lipinski definition) is 4. The molecule has 7 heteroatoms. The van der Waals surface area contributed by atoms with Crippen LogP contribution in [0.4, 0.5) is 10.5 Å². The number of methoxy groups -OCH3 is 1. The van der Waals surface area contributed by atoms with Crippen LogP contribution < -0.4 is 20.3 Å². The van der Waals surface area contributed by atoms with Crippen molar-refractivity contribution in [2.75, 3.05) is 38.2 Å². The van der Waals surface area contributed by atoms with Crippen LogP contribution in [-0.4, -0.2) is 50.4 Å². The number of ether oxygens (including phenoxy) is 1. The number of carboxylic acids is 1. The van der Waals surface area contributed by atoms with E-state index in [0.717, 1.165) is 30.9 Å². The highest BCUT2D eigenvalue weighted by molar-refractivity contribution is 5.74. The Morgan fingerprint density at radius 1 is 1.33 bits per heavy atom. The summed E-state index contributed by atoms with van der Waals surface area (Å²) in [6.07, 6.45) is 1.52. The van der Waals surface area contributed by atoms with Gasteiger partial charge in [0.05, 0.1) is 12.8 Å². The first-order chi connectivity index (χ1) is 11.6. The second kappa shape index (κ2) is 9.00. The van der Waals surface area contributed by atoms with Crippen molar-refractivity contribution in [2.45, 2.75) is 19.3 Å². The van der Waals surface area contributed by atoms with Gasteiger partial charge in [-0.15, -0.1) is 0 Å². The fourth-order valence-corrected chi connectivity index (χ4v) is 2.85. The maximum absolute atomic E-state index is 11.7. The number of rotatable bonds is 8. The number of nitrogens with zero attached hydrogens (tertiary/aromatic N) is 1. The summed E-state index contributed by atoms with van der Waals surface area (Å²) in [4.78, 5) is 24.4. The van der Waals surface area contributed by atoms with Crippen LogP contribution in [0.1, 0.15) is 19.3 Å². The molecule has 1 heterocycles. The Balaban J connectivity index is 1.70. The molecule has 24 heavy (non-hydrogen) atoms. The molecular weight excluding hydrogens is 310 g/mol. The molecule has 0 saturated carbocycles. The van der Waals surface area contributed by atoms with Crippen LogP contribution in [0.2, 0.25) is 0 Å². The van der Waals surface area contributed by atoms with Gasteiger partial charge in [-0.2, -0.15) is 0 Å². The van der Waals surface area contributed by atoms with Crippen LogP contribution >= 0.6 is 0 Å². The number of amides is 2. The monoisotopic (exact) mass is 335 g/mol. The molecule has 132 valence electrons. The summed E-state index contributed by atoms with van der Waals surface area (Å²) in [7, 11) is 1.67. The molecule has 0 aromatic heterocycles. The number of carbonyl (C=O) groups is 2. The van der Waals surface area contributed by atoms with Gasteiger partial charge in [0.15, 0.2) is 0 Å². The molecule has 1 aromatic rings. The van der Waals surface area contributed by atoms with E-state index >= 15 is 0 Å². The van der Waals surface area contributed by atoms with Crippen LogP contribution in [0.3, 0.4) is 0 Å². The van der Waals surface area contributed by atoms with Crippen LogP contribution in [-0.2, 0) is 4.79 Å². The van der Waals surface area contributed by atoms with E-state index in [1.165, 1.54) is 0 Å². The number of aliphatic carboxylic acids is 1. The number of carboxylic acid groups (broad SMARTS) is 1. The second-order valence-electron chi connectivity index (χ2n) is 5.91. The molecule has 0 bridgehead atoms. The number of hydrogen-bond donors (Lipinski definition) is 3. The van der Waals surface area contributed by atoms with Gasteiger partial charge in [-0.3, -0.25) is 4.79 Å². The third-order valence-corrected chi connectivity index (χ3v) is 4.12. The Morgan fingerprint density at radius 3 is 2.88 bits per heavy atom. The summed E-state index contributed by atoms with van der Waals surface area (Å²) in [5, 5.41) is 14.1. The van der Waals surface area contributed by atoms with E-state index in [1.54, 1.807) is 7.11 Å². The number of para-hydroxylation sites is 2. The molecule has 2 rings (SSSR count). The van der Waals surface area contributed by atoms with Crippen molar-refractivity contribution in [1.82, 2.24) is 10.6 Å². The van der Waals surface area contributed by atoms with Gasteiger partial charge in [0.2, 0.25) is 0 Å². The lowest BCUT2D eigenvalue weighted by Gasteiger charge is -2.21. The molecule has 1 fully saturated rings. The van der Waals surface area contributed by atoms with Gasteiger partial charge >= 0.3 is 12.0 Å². The van der Waals surface area contributed by atoms with Crippen molar-refractivity contribution in [3.05, 3.63) is 24.3 Å². The lowest BCUT2D eigenvalue weighted by Crippen LogP contribution is -2.39. The minimum absolute atomic E-state index is 0.0662. The highest BCUT2D eigenvalue weighted by Crippen LogP contribution is 2.31. The third kappa shape index (κ3) is 5.33. The number of urea groups is 1. The SMILES string of the molecule is COc1ccccc1N1CCC(CNC(=O)NCCCC(=O)O)C1. The Kier molecular flexibility index (Phi) is 6.72. The molecule has 1 aliphatic heterocycles. The van der Waals surface area contributed by atoms with Crippen molar-refractivity contribution >= 4 is 17.7 Å². The largest absolute Gasteiger partial charge is 0.495 e. The minimum atomic E-state index is -0.848. The van der Waals surface area contributed by atoms with E-state index in [1.807, 2.05) is 24.3 Å². The summed E-state index contributed by atoms with van der Waals surface area (Å²) in [6, 6.07) is 7.70. The highest BCUT2D eigenvalue weighted by atomic mass is 16.5. The van der Waals surface area contributed by atoms with Gasteiger partial charge in [0, 0.05) is 32.6 Å². The molecule has 2 amide bonds. The van der Waals surface area contributed by atoms with E-state index in [-0.39, 0.29) is 12.5 Å². The normalized spacial score (nSPS) is 16.7. The maximum atomic E-state index is 11.7. The maximum Gasteiger partial charge on any atom is 0.314 e. The van der Waals surface area contributed by atoms with E-state index in [0.29, 0.717) is 25.4 Å². The standard InChI is InChI=1S/C17H25N3O4/c1-24-15-6-3-2-5-14(15)20-10-8-13(12-20)11-19-17(23)18-9-4-7-16(21)22/h2-3,5-6,13H,4,7-12H2,1H3,(H,21,22)(H2,18,19,23). The molecule has 1 unspecified atom stereocenters. The Labute approximate surface area is 142 Å². The number of anilines is 1. The molecule has 0 aliphatic carbocycles. The second-order valence-corrected chi connectivity index (χ2v) is 5.91. The number of carbonyl (C=O) groups excluding carboxylic acids is 1.